The zero-order valence-electron chi connectivity index (χ0n) is 14.5. The van der Waals surface area contributed by atoms with Crippen molar-refractivity contribution in [1.29, 1.82) is 0 Å². The molecule has 0 bridgehead atoms. The van der Waals surface area contributed by atoms with Gasteiger partial charge in [0.2, 0.25) is 5.91 Å². The van der Waals surface area contributed by atoms with Crippen molar-refractivity contribution >= 4 is 19.5 Å². The molecule has 3 amide bonds. The van der Waals surface area contributed by atoms with Crippen LogP contribution in [0.3, 0.4) is 0 Å². The first-order valence-electron chi connectivity index (χ1n) is 8.03. The van der Waals surface area contributed by atoms with Gasteiger partial charge in [-0.25, -0.2) is 9.68 Å². The first-order valence-corrected chi connectivity index (χ1v) is 9.61. The van der Waals surface area contributed by atoms with Crippen molar-refractivity contribution in [3.63, 3.8) is 0 Å². The van der Waals surface area contributed by atoms with Crippen molar-refractivity contribution in [2.75, 3.05) is 13.7 Å². The van der Waals surface area contributed by atoms with Crippen LogP contribution in [0.4, 0.5) is 4.79 Å². The number of rotatable bonds is 8. The van der Waals surface area contributed by atoms with Crippen LogP contribution in [0.5, 0.6) is 0 Å². The molecular formula is C16H23N2O6P. The van der Waals surface area contributed by atoms with Gasteiger partial charge in [-0.1, -0.05) is 38.1 Å². The minimum atomic E-state index is -4.10. The predicted octanol–water partition coefficient (Wildman–Crippen LogP) is 2.52. The standard InChI is InChI=1S/C16H23N2O6P/c1-4-16(5-2,25(21,22)24-23-3)13-8-6-7-12(9-13)10-18-11-14(19)17-15(18)20/h6-9H,4-5,10-11H2,1-3H3,(H,21,22)(H,17,19,20). The van der Waals surface area contributed by atoms with Crippen molar-refractivity contribution in [1.82, 2.24) is 10.2 Å². The Morgan fingerprint density at radius 3 is 2.52 bits per heavy atom. The van der Waals surface area contributed by atoms with Crippen molar-refractivity contribution < 1.29 is 28.6 Å². The van der Waals surface area contributed by atoms with Crippen LogP contribution in [0, 0.1) is 0 Å². The second-order valence-electron chi connectivity index (χ2n) is 5.91. The highest BCUT2D eigenvalue weighted by atomic mass is 31.2. The number of benzene rings is 1. The molecule has 1 unspecified atom stereocenters. The summed E-state index contributed by atoms with van der Waals surface area (Å²) < 4.78 is 17.5. The maximum absolute atomic E-state index is 12.7. The van der Waals surface area contributed by atoms with Crippen molar-refractivity contribution in [2.24, 2.45) is 0 Å². The number of hydrogen-bond acceptors (Lipinski definition) is 5. The Morgan fingerprint density at radius 2 is 2.00 bits per heavy atom. The molecule has 1 aromatic carbocycles. The molecule has 0 saturated carbocycles. The van der Waals surface area contributed by atoms with E-state index in [1.165, 1.54) is 12.0 Å². The molecule has 1 fully saturated rings. The summed E-state index contributed by atoms with van der Waals surface area (Å²) in [6, 6.07) is 6.64. The summed E-state index contributed by atoms with van der Waals surface area (Å²) in [5, 5.41) is 1.10. The van der Waals surface area contributed by atoms with E-state index in [0.29, 0.717) is 18.4 Å². The normalized spacial score (nSPS) is 17.5. The molecule has 1 heterocycles. The molecular weight excluding hydrogens is 347 g/mol. The second-order valence-corrected chi connectivity index (χ2v) is 7.96. The van der Waals surface area contributed by atoms with Gasteiger partial charge < -0.3 is 9.79 Å². The monoisotopic (exact) mass is 370 g/mol. The Kier molecular flexibility index (Phi) is 6.00. The Morgan fingerprint density at radius 1 is 1.32 bits per heavy atom. The first kappa shape index (κ1) is 19.6. The number of urea groups is 1. The number of hydrogen-bond donors (Lipinski definition) is 2. The number of nitrogens with zero attached hydrogens (tertiary/aromatic N) is 1. The van der Waals surface area contributed by atoms with E-state index in [0.717, 1.165) is 5.56 Å². The lowest BCUT2D eigenvalue weighted by Gasteiger charge is -2.34. The fourth-order valence-electron chi connectivity index (χ4n) is 3.18. The van der Waals surface area contributed by atoms with E-state index in [1.807, 2.05) is 13.8 Å². The maximum atomic E-state index is 12.7. The van der Waals surface area contributed by atoms with Gasteiger partial charge in [-0.3, -0.25) is 14.7 Å². The highest BCUT2D eigenvalue weighted by Crippen LogP contribution is 2.64. The van der Waals surface area contributed by atoms with E-state index in [1.54, 1.807) is 24.3 Å². The Labute approximate surface area is 146 Å². The van der Waals surface area contributed by atoms with Gasteiger partial charge in [0.25, 0.3) is 0 Å². The van der Waals surface area contributed by atoms with E-state index in [2.05, 4.69) is 10.2 Å². The number of carbonyl (C=O) groups excluding carboxylic acids is 2. The van der Waals surface area contributed by atoms with E-state index in [4.69, 9.17) is 4.67 Å². The van der Waals surface area contributed by atoms with Gasteiger partial charge in [0.05, 0.1) is 12.3 Å². The molecule has 1 atom stereocenters. The third-order valence-corrected chi connectivity index (χ3v) is 6.92. The predicted molar refractivity (Wildman–Crippen MR) is 90.6 cm³/mol. The smallest absolute Gasteiger partial charge is 0.322 e. The van der Waals surface area contributed by atoms with Crippen LogP contribution in [-0.4, -0.2) is 35.4 Å². The summed E-state index contributed by atoms with van der Waals surface area (Å²) in [5.41, 5.74) is 1.38. The van der Waals surface area contributed by atoms with Crippen LogP contribution < -0.4 is 5.32 Å². The second kappa shape index (κ2) is 7.66. The van der Waals surface area contributed by atoms with Crippen LogP contribution in [0.15, 0.2) is 24.3 Å². The van der Waals surface area contributed by atoms with Crippen LogP contribution >= 0.6 is 7.60 Å². The van der Waals surface area contributed by atoms with Crippen LogP contribution in [-0.2, 0) is 30.6 Å². The van der Waals surface area contributed by atoms with Gasteiger partial charge >= 0.3 is 13.6 Å². The van der Waals surface area contributed by atoms with Crippen LogP contribution in [0.25, 0.3) is 0 Å². The number of carbonyl (C=O) groups is 2. The molecule has 1 aromatic rings. The zero-order valence-corrected chi connectivity index (χ0v) is 15.4. The number of nitrogens with one attached hydrogen (secondary N) is 1. The molecule has 0 aliphatic carbocycles. The third kappa shape index (κ3) is 3.77. The molecule has 138 valence electrons. The van der Waals surface area contributed by atoms with E-state index < -0.39 is 18.8 Å². The molecule has 0 spiro atoms. The molecule has 2 rings (SSSR count). The Bertz CT molecular complexity index is 704. The molecule has 2 N–H and O–H groups in total. The van der Waals surface area contributed by atoms with Gasteiger partial charge in [0, 0.05) is 6.54 Å². The average Bonchev–Trinajstić information content (AvgIpc) is 2.86. The topological polar surface area (TPSA) is 105 Å². The van der Waals surface area contributed by atoms with Crippen molar-refractivity contribution in [2.45, 2.75) is 38.4 Å². The van der Waals surface area contributed by atoms with E-state index in [-0.39, 0.29) is 19.0 Å². The molecule has 1 aliphatic heterocycles. The van der Waals surface area contributed by atoms with Gasteiger partial charge in [-0.05, 0) is 24.0 Å². The van der Waals surface area contributed by atoms with E-state index >= 15 is 0 Å². The van der Waals surface area contributed by atoms with Gasteiger partial charge in [-0.2, -0.15) is 0 Å². The number of imide groups is 1. The molecule has 1 saturated heterocycles. The van der Waals surface area contributed by atoms with Crippen molar-refractivity contribution in [3.05, 3.63) is 35.4 Å². The van der Waals surface area contributed by atoms with Gasteiger partial charge in [0.15, 0.2) is 0 Å². The Balaban J connectivity index is 2.36. The summed E-state index contributed by atoms with van der Waals surface area (Å²) in [5.74, 6) is -0.342. The lowest BCUT2D eigenvalue weighted by atomic mass is 9.91. The molecule has 25 heavy (non-hydrogen) atoms. The quantitative estimate of drug-likeness (QED) is 0.315. The minimum Gasteiger partial charge on any atom is -0.322 e. The summed E-state index contributed by atoms with van der Waals surface area (Å²) in [6.45, 7) is 3.85. The van der Waals surface area contributed by atoms with Gasteiger partial charge in [-0.15, -0.1) is 4.67 Å². The van der Waals surface area contributed by atoms with E-state index in [9.17, 15) is 19.0 Å². The van der Waals surface area contributed by atoms with Crippen LogP contribution in [0.1, 0.15) is 37.8 Å². The maximum Gasteiger partial charge on any atom is 0.365 e. The van der Waals surface area contributed by atoms with Crippen molar-refractivity contribution in [3.8, 4) is 0 Å². The number of amides is 3. The molecule has 1 aliphatic rings. The summed E-state index contributed by atoms with van der Waals surface area (Å²) in [4.78, 5) is 39.3. The molecule has 8 nitrogen and oxygen atoms in total. The highest BCUT2D eigenvalue weighted by molar-refractivity contribution is 7.54. The Hall–Kier alpha value is -1.73. The molecule has 9 heteroatoms. The lowest BCUT2D eigenvalue weighted by Crippen LogP contribution is -2.28. The van der Waals surface area contributed by atoms with Crippen LogP contribution in [0.2, 0.25) is 0 Å². The summed E-state index contributed by atoms with van der Waals surface area (Å²) in [6.07, 6.45) is 0.736. The fourth-order valence-corrected chi connectivity index (χ4v) is 4.79. The van der Waals surface area contributed by atoms with Gasteiger partial charge in [0.1, 0.15) is 6.54 Å². The highest BCUT2D eigenvalue weighted by Gasteiger charge is 2.48. The largest absolute Gasteiger partial charge is 0.365 e. The minimum absolute atomic E-state index is 0.00103. The first-order chi connectivity index (χ1) is 11.8. The fraction of sp³-hybridized carbons (Fsp3) is 0.500. The lowest BCUT2D eigenvalue weighted by molar-refractivity contribution is -0.188. The SMILES string of the molecule is CCC(CC)(c1cccc(CN2CC(=O)NC2=O)c1)P(=O)(O)OOC. The molecule has 0 radical (unpaired) electrons. The zero-order chi connectivity index (χ0) is 18.7. The summed E-state index contributed by atoms with van der Waals surface area (Å²) in [7, 11) is -2.91. The summed E-state index contributed by atoms with van der Waals surface area (Å²) >= 11 is 0. The third-order valence-electron chi connectivity index (χ3n) is 4.59. The molecule has 0 aromatic heterocycles. The average molecular weight is 370 g/mol.